The van der Waals surface area contributed by atoms with Crippen LogP contribution in [-0.2, 0) is 49.5 Å². The van der Waals surface area contributed by atoms with Crippen LogP contribution < -0.4 is 5.32 Å². The predicted octanol–water partition coefficient (Wildman–Crippen LogP) is 2.98. The highest BCUT2D eigenvalue weighted by molar-refractivity contribution is 14.1. The van der Waals surface area contributed by atoms with E-state index in [0.717, 1.165) is 34.8 Å². The Kier molecular flexibility index (Phi) is 9.22. The monoisotopic (exact) mass is 821 g/mol. The van der Waals surface area contributed by atoms with Gasteiger partial charge in [-0.3, -0.25) is 24.0 Å². The summed E-state index contributed by atoms with van der Waals surface area (Å²) in [6.45, 7) is 5.55. The van der Waals surface area contributed by atoms with Gasteiger partial charge in [0.1, 0.15) is 41.5 Å². The largest absolute Gasteiger partial charge is 0.460 e. The molecule has 3 saturated carbocycles. The molecule has 7 fully saturated rings. The number of aliphatic hydroxyl groups excluding tert-OH is 1. The standard InChI is InChI=1S/C37H48IN3O10/c1-35(2,3)48-27(43)15-14-23(19-42)39-32(44)25-9-6-16-40(25)34(46)36-17-26-28-29(50-37(49-28,21-10-11-21)22-12-13-22)31(36)51-41(30(36)33(45)47-26)18-20-7-4-5-8-24(20)38/h4-5,7-8,21-23,25-26,28-31,42H,6,9-19H2,1-3H3,(H,39,44). The van der Waals surface area contributed by atoms with Gasteiger partial charge in [-0.15, -0.1) is 0 Å². The highest BCUT2D eigenvalue weighted by atomic mass is 127. The fourth-order valence-corrected chi connectivity index (χ4v) is 9.74. The number of benzene rings is 1. The van der Waals surface area contributed by atoms with Crippen molar-refractivity contribution in [3.63, 3.8) is 0 Å². The van der Waals surface area contributed by atoms with Crippen LogP contribution in [0.15, 0.2) is 24.3 Å². The molecule has 8 unspecified atom stereocenters. The number of ether oxygens (including phenoxy) is 4. The summed E-state index contributed by atoms with van der Waals surface area (Å²) >= 11 is 2.26. The van der Waals surface area contributed by atoms with Gasteiger partial charge in [0.25, 0.3) is 0 Å². The van der Waals surface area contributed by atoms with Gasteiger partial charge in [-0.25, -0.2) is 0 Å². The van der Waals surface area contributed by atoms with Crippen LogP contribution in [0.4, 0.5) is 0 Å². The maximum atomic E-state index is 15.3. The first-order valence-electron chi connectivity index (χ1n) is 18.5. The minimum absolute atomic E-state index is 0.0212. The molecule has 1 aromatic rings. The molecule has 4 aliphatic heterocycles. The molecule has 7 aliphatic rings. The Morgan fingerprint density at radius 1 is 1.08 bits per heavy atom. The van der Waals surface area contributed by atoms with Gasteiger partial charge in [0.15, 0.2) is 11.8 Å². The average Bonchev–Trinajstić information content (AvgIpc) is 4.00. The van der Waals surface area contributed by atoms with Gasteiger partial charge < -0.3 is 34.3 Å². The molecule has 2 N–H and O–H groups in total. The third-order valence-electron chi connectivity index (χ3n) is 11.7. The number of hydrogen-bond donors (Lipinski definition) is 2. The summed E-state index contributed by atoms with van der Waals surface area (Å²) in [4.78, 5) is 64.1. The molecule has 14 heteroatoms. The molecular weight excluding hydrogens is 773 g/mol. The second-order valence-corrected chi connectivity index (χ2v) is 17.6. The number of hydrogen-bond acceptors (Lipinski definition) is 11. The smallest absolute Gasteiger partial charge is 0.327 e. The lowest BCUT2D eigenvalue weighted by atomic mass is 9.62. The molecule has 8 rings (SSSR count). The molecule has 13 nitrogen and oxygen atoms in total. The van der Waals surface area contributed by atoms with E-state index in [1.807, 2.05) is 24.3 Å². The lowest BCUT2D eigenvalue weighted by Gasteiger charge is -2.50. The van der Waals surface area contributed by atoms with Crippen LogP contribution in [0.1, 0.15) is 84.1 Å². The van der Waals surface area contributed by atoms with Crippen LogP contribution in [-0.4, -0.2) is 106 Å². The molecule has 8 atom stereocenters. The summed E-state index contributed by atoms with van der Waals surface area (Å²) in [5, 5.41) is 14.6. The van der Waals surface area contributed by atoms with E-state index in [4.69, 9.17) is 23.8 Å². The molecule has 0 aromatic heterocycles. The zero-order valence-corrected chi connectivity index (χ0v) is 31.5. The maximum Gasteiger partial charge on any atom is 0.327 e. The summed E-state index contributed by atoms with van der Waals surface area (Å²) in [5.74, 6) is -1.93. The number of carbonyl (C=O) groups is 4. The van der Waals surface area contributed by atoms with E-state index in [0.29, 0.717) is 19.4 Å². The van der Waals surface area contributed by atoms with E-state index in [1.165, 1.54) is 0 Å². The summed E-state index contributed by atoms with van der Waals surface area (Å²) in [6, 6.07) is 5.27. The zero-order chi connectivity index (χ0) is 35.9. The van der Waals surface area contributed by atoms with Gasteiger partial charge in [-0.05, 0) is 99.9 Å². The molecule has 278 valence electrons. The molecule has 51 heavy (non-hydrogen) atoms. The Balaban J connectivity index is 1.08. The van der Waals surface area contributed by atoms with Gasteiger partial charge in [-0.2, -0.15) is 5.06 Å². The van der Waals surface area contributed by atoms with Crippen LogP contribution in [0.5, 0.6) is 0 Å². The van der Waals surface area contributed by atoms with E-state index in [2.05, 4.69) is 27.9 Å². The van der Waals surface area contributed by atoms with Crippen molar-refractivity contribution in [3.8, 4) is 0 Å². The molecule has 3 aliphatic carbocycles. The van der Waals surface area contributed by atoms with E-state index in [-0.39, 0.29) is 50.2 Å². The van der Waals surface area contributed by atoms with Crippen molar-refractivity contribution < 1.29 is 48.1 Å². The van der Waals surface area contributed by atoms with Crippen molar-refractivity contribution in [3.05, 3.63) is 33.4 Å². The van der Waals surface area contributed by atoms with Crippen LogP contribution in [0.2, 0.25) is 0 Å². The Labute approximate surface area is 311 Å². The highest BCUT2D eigenvalue weighted by Crippen LogP contribution is 2.64. The summed E-state index contributed by atoms with van der Waals surface area (Å²) < 4.78 is 26.4. The topological polar surface area (TPSA) is 153 Å². The number of nitrogens with one attached hydrogen (secondary N) is 1. The number of hydroxylamine groups is 2. The lowest BCUT2D eigenvalue weighted by molar-refractivity contribution is -0.235. The number of carbonyl (C=O) groups excluding carboxylic acids is 4. The van der Waals surface area contributed by atoms with E-state index >= 15 is 4.79 Å². The van der Waals surface area contributed by atoms with Crippen LogP contribution in [0.3, 0.4) is 0 Å². The molecule has 1 aromatic carbocycles. The Morgan fingerprint density at radius 3 is 2.45 bits per heavy atom. The number of aliphatic hydroxyl groups is 1. The van der Waals surface area contributed by atoms with Gasteiger partial charge in [0.05, 0.1) is 19.2 Å². The number of fused-ring (bicyclic) bond motifs is 4. The minimum atomic E-state index is -1.37. The third kappa shape index (κ3) is 6.28. The summed E-state index contributed by atoms with van der Waals surface area (Å²) in [5.41, 5.74) is -1.07. The van der Waals surface area contributed by atoms with Crippen molar-refractivity contribution >= 4 is 46.3 Å². The molecule has 2 bridgehead atoms. The Bertz CT molecular complexity index is 1570. The number of rotatable bonds is 11. The molecule has 2 amide bonds. The number of halogens is 1. The average molecular weight is 822 g/mol. The van der Waals surface area contributed by atoms with Gasteiger partial charge >= 0.3 is 11.9 Å². The summed E-state index contributed by atoms with van der Waals surface area (Å²) in [6.07, 6.45) is 2.74. The van der Waals surface area contributed by atoms with E-state index < -0.39 is 77.2 Å². The van der Waals surface area contributed by atoms with Gasteiger partial charge in [-0.1, -0.05) is 18.2 Å². The molecule has 0 spiro atoms. The molecule has 0 radical (unpaired) electrons. The molecular formula is C37H48IN3O10. The van der Waals surface area contributed by atoms with Crippen molar-refractivity contribution in [1.82, 2.24) is 15.3 Å². The number of esters is 2. The SMILES string of the molecule is CC(C)(C)OC(=O)CCC(CO)NC(=O)C1CCCN1C(=O)C12CC3OC(=O)C1N(Cc1ccccc1I)OC2C1OC(C2CC2)(C2CC2)OC31. The Hall–Kier alpha value is -2.37. The number of nitrogens with zero attached hydrogens (tertiary/aromatic N) is 2. The fourth-order valence-electron chi connectivity index (χ4n) is 9.18. The third-order valence-corrected chi connectivity index (χ3v) is 12.7. The lowest BCUT2D eigenvalue weighted by Crippen LogP contribution is -2.70. The van der Waals surface area contributed by atoms with E-state index in [1.54, 1.807) is 30.7 Å². The van der Waals surface area contributed by atoms with Crippen LogP contribution in [0, 0.1) is 20.8 Å². The number of amides is 2. The van der Waals surface area contributed by atoms with Crippen molar-refractivity contribution in [1.29, 1.82) is 0 Å². The fraction of sp³-hybridized carbons (Fsp3) is 0.730. The highest BCUT2D eigenvalue weighted by Gasteiger charge is 2.78. The maximum absolute atomic E-state index is 15.3. The van der Waals surface area contributed by atoms with E-state index in [9.17, 15) is 19.5 Å². The molecule has 4 heterocycles. The quantitative estimate of drug-likeness (QED) is 0.251. The predicted molar refractivity (Wildman–Crippen MR) is 187 cm³/mol. The van der Waals surface area contributed by atoms with Crippen LogP contribution in [0.25, 0.3) is 0 Å². The first kappa shape index (κ1) is 35.6. The first-order chi connectivity index (χ1) is 24.3. The second kappa shape index (κ2) is 13.2. The number of likely N-dealkylation sites (tertiary alicyclic amines) is 1. The van der Waals surface area contributed by atoms with Crippen LogP contribution >= 0.6 is 22.6 Å². The van der Waals surface area contributed by atoms with Crippen molar-refractivity contribution in [2.45, 2.75) is 139 Å². The molecule has 4 saturated heterocycles. The normalized spacial score (nSPS) is 34.5. The summed E-state index contributed by atoms with van der Waals surface area (Å²) in [7, 11) is 0. The first-order valence-corrected chi connectivity index (χ1v) is 19.6. The second-order valence-electron chi connectivity index (χ2n) is 16.4. The van der Waals surface area contributed by atoms with Crippen molar-refractivity contribution in [2.75, 3.05) is 13.2 Å². The van der Waals surface area contributed by atoms with Gasteiger partial charge in [0, 0.05) is 34.8 Å². The zero-order valence-electron chi connectivity index (χ0n) is 29.4. The Morgan fingerprint density at radius 2 is 1.78 bits per heavy atom. The van der Waals surface area contributed by atoms with Crippen molar-refractivity contribution in [2.24, 2.45) is 17.3 Å². The minimum Gasteiger partial charge on any atom is -0.460 e. The van der Waals surface area contributed by atoms with Gasteiger partial charge in [0.2, 0.25) is 11.8 Å².